The molecule has 22 heavy (non-hydrogen) atoms. The molecule has 0 aliphatic rings. The maximum absolute atomic E-state index is 13.0. The highest BCUT2D eigenvalue weighted by molar-refractivity contribution is 7.92. The Morgan fingerprint density at radius 3 is 1.95 bits per heavy atom. The molecule has 2 aromatic rings. The first kappa shape index (κ1) is 16.5. The summed E-state index contributed by atoms with van der Waals surface area (Å²) in [5.41, 5.74) is 0.0467. The maximum atomic E-state index is 13.0. The van der Waals surface area contributed by atoms with E-state index in [0.717, 1.165) is 0 Å². The first-order valence-electron chi connectivity index (χ1n) is 7.10. The van der Waals surface area contributed by atoms with E-state index in [2.05, 4.69) is 0 Å². The third-order valence-electron chi connectivity index (χ3n) is 3.38. The van der Waals surface area contributed by atoms with Gasteiger partial charge in [0.05, 0.1) is 10.6 Å². The summed E-state index contributed by atoms with van der Waals surface area (Å²) in [6.45, 7) is 3.78. The largest absolute Gasteiger partial charge is 0.396 e. The van der Waals surface area contributed by atoms with Crippen molar-refractivity contribution in [3.8, 4) is 0 Å². The standard InChI is InChI=1S/C17H21NO3S/c1-17(2,14-19)13-18(15-9-5-3-6-10-15)22(20,21)16-11-7-4-8-12-16/h3-12,19H,13-14H2,1-2H3. The van der Waals surface area contributed by atoms with E-state index in [1.165, 1.54) is 4.31 Å². The summed E-state index contributed by atoms with van der Waals surface area (Å²) >= 11 is 0. The van der Waals surface area contributed by atoms with E-state index < -0.39 is 15.4 Å². The van der Waals surface area contributed by atoms with Gasteiger partial charge in [-0.25, -0.2) is 8.42 Å². The van der Waals surface area contributed by atoms with E-state index in [9.17, 15) is 13.5 Å². The molecule has 0 bridgehead atoms. The normalized spacial score (nSPS) is 12.1. The molecule has 0 saturated carbocycles. The first-order valence-corrected chi connectivity index (χ1v) is 8.54. The molecular weight excluding hydrogens is 298 g/mol. The Labute approximate surface area is 132 Å². The van der Waals surface area contributed by atoms with E-state index in [1.807, 2.05) is 19.9 Å². The Hall–Kier alpha value is -1.85. The van der Waals surface area contributed by atoms with Crippen LogP contribution in [0, 0.1) is 5.41 Å². The van der Waals surface area contributed by atoms with E-state index in [1.54, 1.807) is 54.6 Å². The van der Waals surface area contributed by atoms with Crippen LogP contribution in [0.25, 0.3) is 0 Å². The van der Waals surface area contributed by atoms with Crippen LogP contribution in [0.4, 0.5) is 5.69 Å². The fraction of sp³-hybridized carbons (Fsp3) is 0.294. The lowest BCUT2D eigenvalue weighted by Gasteiger charge is -2.32. The fourth-order valence-corrected chi connectivity index (χ4v) is 3.74. The smallest absolute Gasteiger partial charge is 0.264 e. The van der Waals surface area contributed by atoms with Crippen molar-refractivity contribution in [3.63, 3.8) is 0 Å². The number of rotatable bonds is 6. The Morgan fingerprint density at radius 1 is 0.955 bits per heavy atom. The minimum Gasteiger partial charge on any atom is -0.396 e. The molecule has 0 aliphatic carbocycles. The number of benzene rings is 2. The highest BCUT2D eigenvalue weighted by atomic mass is 32.2. The van der Waals surface area contributed by atoms with Gasteiger partial charge in [-0.05, 0) is 24.3 Å². The summed E-state index contributed by atoms with van der Waals surface area (Å²) in [5.74, 6) is 0. The average Bonchev–Trinajstić information content (AvgIpc) is 2.54. The van der Waals surface area contributed by atoms with Gasteiger partial charge in [-0.2, -0.15) is 0 Å². The van der Waals surface area contributed by atoms with Crippen LogP contribution in [0.3, 0.4) is 0 Å². The van der Waals surface area contributed by atoms with E-state index in [4.69, 9.17) is 0 Å². The summed E-state index contributed by atoms with van der Waals surface area (Å²) < 4.78 is 27.3. The zero-order chi connectivity index (χ0) is 16.2. The number of sulfonamides is 1. The molecule has 118 valence electrons. The number of hydrogen-bond donors (Lipinski definition) is 1. The van der Waals surface area contributed by atoms with Crippen LogP contribution in [0.1, 0.15) is 13.8 Å². The van der Waals surface area contributed by atoms with Crippen molar-refractivity contribution in [3.05, 3.63) is 60.7 Å². The van der Waals surface area contributed by atoms with Gasteiger partial charge >= 0.3 is 0 Å². The molecule has 1 N–H and O–H groups in total. The van der Waals surface area contributed by atoms with Crippen LogP contribution in [0.2, 0.25) is 0 Å². The number of nitrogens with zero attached hydrogens (tertiary/aromatic N) is 1. The monoisotopic (exact) mass is 319 g/mol. The molecule has 0 saturated heterocycles. The first-order chi connectivity index (χ1) is 10.4. The second-order valence-corrected chi connectivity index (χ2v) is 7.84. The summed E-state index contributed by atoms with van der Waals surface area (Å²) in [7, 11) is -3.68. The van der Waals surface area contributed by atoms with Crippen LogP contribution in [-0.4, -0.2) is 26.7 Å². The minimum atomic E-state index is -3.68. The van der Waals surface area contributed by atoms with Gasteiger partial charge in [0.1, 0.15) is 0 Å². The van der Waals surface area contributed by atoms with Gasteiger partial charge in [0.2, 0.25) is 0 Å². The zero-order valence-corrected chi connectivity index (χ0v) is 13.6. The Kier molecular flexibility index (Phi) is 4.88. The molecule has 0 fully saturated rings. The lowest BCUT2D eigenvalue weighted by atomic mass is 9.95. The molecule has 0 spiro atoms. The SMILES string of the molecule is CC(C)(CO)CN(c1ccccc1)S(=O)(=O)c1ccccc1. The highest BCUT2D eigenvalue weighted by Crippen LogP contribution is 2.28. The van der Waals surface area contributed by atoms with Gasteiger partial charge in [0.25, 0.3) is 10.0 Å². The van der Waals surface area contributed by atoms with Crippen molar-refractivity contribution in [2.45, 2.75) is 18.7 Å². The molecule has 0 radical (unpaired) electrons. The second-order valence-electron chi connectivity index (χ2n) is 5.98. The topological polar surface area (TPSA) is 57.6 Å². The highest BCUT2D eigenvalue weighted by Gasteiger charge is 2.30. The third kappa shape index (κ3) is 3.67. The van der Waals surface area contributed by atoms with Crippen LogP contribution < -0.4 is 4.31 Å². The van der Waals surface area contributed by atoms with Crippen LogP contribution in [0.5, 0.6) is 0 Å². The molecule has 4 nitrogen and oxygen atoms in total. The van der Waals surface area contributed by atoms with Gasteiger partial charge in [0, 0.05) is 18.6 Å². The van der Waals surface area contributed by atoms with E-state index in [0.29, 0.717) is 5.69 Å². The van der Waals surface area contributed by atoms with Crippen LogP contribution >= 0.6 is 0 Å². The van der Waals surface area contributed by atoms with Crippen molar-refractivity contribution in [2.24, 2.45) is 5.41 Å². The quantitative estimate of drug-likeness (QED) is 0.890. The minimum absolute atomic E-state index is 0.0966. The number of para-hydroxylation sites is 1. The van der Waals surface area contributed by atoms with Gasteiger partial charge in [-0.15, -0.1) is 0 Å². The van der Waals surface area contributed by atoms with Crippen molar-refractivity contribution in [1.82, 2.24) is 0 Å². The van der Waals surface area contributed by atoms with Gasteiger partial charge in [0.15, 0.2) is 0 Å². The number of aliphatic hydroxyl groups is 1. The fourth-order valence-electron chi connectivity index (χ4n) is 2.07. The van der Waals surface area contributed by atoms with E-state index >= 15 is 0 Å². The molecule has 0 atom stereocenters. The molecule has 2 rings (SSSR count). The summed E-state index contributed by atoms with van der Waals surface area (Å²) in [4.78, 5) is 0.243. The van der Waals surface area contributed by atoms with Crippen molar-refractivity contribution in [1.29, 1.82) is 0 Å². The molecular formula is C17H21NO3S. The summed E-state index contributed by atoms with van der Waals surface area (Å²) in [6.07, 6.45) is 0. The molecule has 0 heterocycles. The number of aliphatic hydroxyl groups excluding tert-OH is 1. The van der Waals surface area contributed by atoms with Crippen LogP contribution in [0.15, 0.2) is 65.6 Å². The third-order valence-corrected chi connectivity index (χ3v) is 5.16. The molecule has 0 aromatic heterocycles. The number of anilines is 1. The predicted molar refractivity (Wildman–Crippen MR) is 88.3 cm³/mol. The maximum Gasteiger partial charge on any atom is 0.264 e. The number of hydrogen-bond acceptors (Lipinski definition) is 3. The predicted octanol–water partition coefficient (Wildman–Crippen LogP) is 2.90. The van der Waals surface area contributed by atoms with Crippen molar-refractivity contribution in [2.75, 3.05) is 17.5 Å². The lowest BCUT2D eigenvalue weighted by Crippen LogP contribution is -2.40. The summed E-state index contributed by atoms with van der Waals surface area (Å²) in [5, 5.41) is 9.50. The van der Waals surface area contributed by atoms with Crippen LogP contribution in [-0.2, 0) is 10.0 Å². The summed E-state index contributed by atoms with van der Waals surface area (Å²) in [6, 6.07) is 17.3. The van der Waals surface area contributed by atoms with E-state index in [-0.39, 0.29) is 18.0 Å². The zero-order valence-electron chi connectivity index (χ0n) is 12.8. The molecule has 2 aromatic carbocycles. The lowest BCUT2D eigenvalue weighted by molar-refractivity contribution is 0.167. The van der Waals surface area contributed by atoms with Gasteiger partial charge in [-0.1, -0.05) is 50.2 Å². The van der Waals surface area contributed by atoms with Crippen molar-refractivity contribution >= 4 is 15.7 Å². The Morgan fingerprint density at radius 2 is 1.45 bits per heavy atom. The van der Waals surface area contributed by atoms with Gasteiger partial charge in [-0.3, -0.25) is 4.31 Å². The Balaban J connectivity index is 2.49. The second kappa shape index (κ2) is 6.50. The molecule has 5 heteroatoms. The average molecular weight is 319 g/mol. The van der Waals surface area contributed by atoms with Gasteiger partial charge < -0.3 is 5.11 Å². The molecule has 0 unspecified atom stereocenters. The molecule has 0 amide bonds. The Bertz CT molecular complexity index is 697. The molecule has 0 aliphatic heterocycles. The van der Waals surface area contributed by atoms with Crippen molar-refractivity contribution < 1.29 is 13.5 Å².